The van der Waals surface area contributed by atoms with Crippen molar-refractivity contribution < 1.29 is 24.5 Å². The van der Waals surface area contributed by atoms with E-state index in [2.05, 4.69) is 43.5 Å². The second-order valence-corrected chi connectivity index (χ2v) is 13.6. The molecule has 6 heteroatoms. The van der Waals surface area contributed by atoms with Crippen LogP contribution < -0.4 is 5.32 Å². The Morgan fingerprint density at radius 3 is 1.54 bits per heavy atom. The Labute approximate surface area is 296 Å². The summed E-state index contributed by atoms with van der Waals surface area (Å²) in [6, 6.07) is -0.651. The van der Waals surface area contributed by atoms with Gasteiger partial charge in [-0.2, -0.15) is 0 Å². The van der Waals surface area contributed by atoms with Gasteiger partial charge in [0.25, 0.3) is 0 Å². The maximum atomic E-state index is 12.3. The molecule has 0 radical (unpaired) electrons. The summed E-state index contributed by atoms with van der Waals surface area (Å²) in [7, 11) is 0. The maximum Gasteiger partial charge on any atom is 0.305 e. The molecule has 0 saturated heterocycles. The van der Waals surface area contributed by atoms with Crippen molar-refractivity contribution in [2.24, 2.45) is 0 Å². The average Bonchev–Trinajstić information content (AvgIpc) is 3.08. The first-order valence-electron chi connectivity index (χ1n) is 20.3. The topological polar surface area (TPSA) is 95.9 Å². The second-order valence-electron chi connectivity index (χ2n) is 13.6. The Hall–Kier alpha value is -1.92. The molecule has 0 saturated carbocycles. The van der Waals surface area contributed by atoms with Crippen LogP contribution in [0.25, 0.3) is 0 Å². The number of aliphatic hydroxyl groups excluding tert-OH is 2. The van der Waals surface area contributed by atoms with Crippen LogP contribution in [0, 0.1) is 0 Å². The van der Waals surface area contributed by atoms with Gasteiger partial charge < -0.3 is 20.3 Å². The minimum absolute atomic E-state index is 0.0515. The highest BCUT2D eigenvalue weighted by atomic mass is 16.5. The Morgan fingerprint density at radius 2 is 1.00 bits per heavy atom. The maximum absolute atomic E-state index is 12.3. The Kier molecular flexibility index (Phi) is 36.4. The average molecular weight is 676 g/mol. The molecule has 0 fully saturated rings. The molecule has 0 heterocycles. The van der Waals surface area contributed by atoms with Gasteiger partial charge in [0, 0.05) is 12.8 Å². The van der Waals surface area contributed by atoms with Crippen molar-refractivity contribution in [3.05, 3.63) is 36.5 Å². The van der Waals surface area contributed by atoms with Crippen LogP contribution in [0.3, 0.4) is 0 Å². The van der Waals surface area contributed by atoms with Crippen LogP contribution in [0.2, 0.25) is 0 Å². The number of unbranched alkanes of at least 4 members (excludes halogenated alkanes) is 21. The quantitative estimate of drug-likeness (QED) is 0.0349. The molecule has 0 rings (SSSR count). The van der Waals surface area contributed by atoms with Crippen molar-refractivity contribution in [2.75, 3.05) is 13.2 Å². The summed E-state index contributed by atoms with van der Waals surface area (Å²) >= 11 is 0. The van der Waals surface area contributed by atoms with E-state index in [1.165, 1.54) is 89.9 Å². The lowest BCUT2D eigenvalue weighted by Crippen LogP contribution is -2.45. The Balaban J connectivity index is 3.61. The van der Waals surface area contributed by atoms with Crippen molar-refractivity contribution >= 4 is 11.9 Å². The predicted octanol–water partition coefficient (Wildman–Crippen LogP) is 11.0. The first kappa shape index (κ1) is 46.1. The number of carbonyl (C=O) groups excluding carboxylic acids is 2. The summed E-state index contributed by atoms with van der Waals surface area (Å²) in [6.07, 6.45) is 42.7. The van der Waals surface area contributed by atoms with Crippen LogP contribution in [0.15, 0.2) is 36.5 Å². The highest BCUT2D eigenvalue weighted by molar-refractivity contribution is 5.76. The van der Waals surface area contributed by atoms with Gasteiger partial charge in [-0.25, -0.2) is 0 Å². The lowest BCUT2D eigenvalue weighted by molar-refractivity contribution is -0.143. The molecule has 280 valence electrons. The van der Waals surface area contributed by atoms with Crippen LogP contribution in [-0.2, 0) is 14.3 Å². The third-order valence-electron chi connectivity index (χ3n) is 8.88. The summed E-state index contributed by atoms with van der Waals surface area (Å²) in [5.41, 5.74) is 0. The van der Waals surface area contributed by atoms with Gasteiger partial charge in [0.2, 0.25) is 5.91 Å². The molecule has 2 atom stereocenters. The number of hydrogen-bond acceptors (Lipinski definition) is 5. The number of hydrogen-bond donors (Lipinski definition) is 3. The molecular formula is C42H77NO5. The standard InChI is InChI=1S/C42H77NO5/c1-3-5-7-9-11-13-15-20-24-28-32-36-42(47)48-37-33-29-25-21-17-16-19-23-27-31-35-41(46)43-39(38-44)40(45)34-30-26-22-18-14-12-10-8-6-4-2/h9,11,17,21,30,34,39-40,44-45H,3-8,10,12-16,18-20,22-29,31-33,35-38H2,1-2H3,(H,43,46)/b11-9-,21-17-,34-30+. The van der Waals surface area contributed by atoms with Crippen LogP contribution in [0.4, 0.5) is 0 Å². The van der Waals surface area contributed by atoms with E-state index in [0.29, 0.717) is 19.4 Å². The summed E-state index contributed by atoms with van der Waals surface area (Å²) in [5, 5.41) is 22.8. The van der Waals surface area contributed by atoms with Gasteiger partial charge in [0.05, 0.1) is 25.4 Å². The fourth-order valence-corrected chi connectivity index (χ4v) is 5.66. The summed E-state index contributed by atoms with van der Waals surface area (Å²) in [5.74, 6) is -0.160. The van der Waals surface area contributed by atoms with Crippen LogP contribution >= 0.6 is 0 Å². The van der Waals surface area contributed by atoms with Gasteiger partial charge in [0.15, 0.2) is 0 Å². The molecule has 0 aliphatic rings. The number of carbonyl (C=O) groups is 2. The predicted molar refractivity (Wildman–Crippen MR) is 204 cm³/mol. The van der Waals surface area contributed by atoms with Gasteiger partial charge in [0.1, 0.15) is 0 Å². The van der Waals surface area contributed by atoms with Crippen LogP contribution in [-0.4, -0.2) is 47.4 Å². The SMILES string of the molecule is CCCC/C=C\CCCCCCCC(=O)OCCCC/C=C\CCCCCCC(=O)NC(CO)C(O)/C=C/CCCCCCCCCC. The number of aliphatic hydroxyl groups is 2. The van der Waals surface area contributed by atoms with Gasteiger partial charge in [-0.3, -0.25) is 9.59 Å². The van der Waals surface area contributed by atoms with Crippen molar-refractivity contribution in [1.82, 2.24) is 5.32 Å². The number of esters is 1. The normalized spacial score (nSPS) is 13.2. The van der Waals surface area contributed by atoms with Gasteiger partial charge in [-0.15, -0.1) is 0 Å². The van der Waals surface area contributed by atoms with Crippen molar-refractivity contribution in [3.8, 4) is 0 Å². The number of ether oxygens (including phenoxy) is 1. The van der Waals surface area contributed by atoms with E-state index in [0.717, 1.165) is 77.0 Å². The van der Waals surface area contributed by atoms with E-state index in [9.17, 15) is 19.8 Å². The highest BCUT2D eigenvalue weighted by Crippen LogP contribution is 2.12. The second kappa shape index (κ2) is 37.9. The number of nitrogens with one attached hydrogen (secondary N) is 1. The molecule has 0 aromatic heterocycles. The summed E-state index contributed by atoms with van der Waals surface area (Å²) in [6.45, 7) is 4.72. The zero-order valence-electron chi connectivity index (χ0n) is 31.5. The first-order valence-corrected chi connectivity index (χ1v) is 20.3. The summed E-state index contributed by atoms with van der Waals surface area (Å²) < 4.78 is 5.39. The molecule has 0 aromatic rings. The monoisotopic (exact) mass is 676 g/mol. The van der Waals surface area contributed by atoms with E-state index in [4.69, 9.17) is 4.74 Å². The molecule has 0 aliphatic carbocycles. The number of rotatable bonds is 36. The number of amides is 1. The fraction of sp³-hybridized carbons (Fsp3) is 0.810. The van der Waals surface area contributed by atoms with Crippen LogP contribution in [0.5, 0.6) is 0 Å². The number of allylic oxidation sites excluding steroid dienone is 5. The zero-order chi connectivity index (χ0) is 35.2. The summed E-state index contributed by atoms with van der Waals surface area (Å²) in [4.78, 5) is 24.2. The van der Waals surface area contributed by atoms with Crippen molar-refractivity contribution in [3.63, 3.8) is 0 Å². The fourth-order valence-electron chi connectivity index (χ4n) is 5.66. The van der Waals surface area contributed by atoms with Crippen molar-refractivity contribution in [2.45, 2.75) is 206 Å². The first-order chi connectivity index (χ1) is 23.5. The third-order valence-corrected chi connectivity index (χ3v) is 8.88. The zero-order valence-corrected chi connectivity index (χ0v) is 31.5. The van der Waals surface area contributed by atoms with Crippen molar-refractivity contribution in [1.29, 1.82) is 0 Å². The van der Waals surface area contributed by atoms with Crippen LogP contribution in [0.1, 0.15) is 194 Å². The van der Waals surface area contributed by atoms with E-state index >= 15 is 0 Å². The van der Waals surface area contributed by atoms with E-state index in [-0.39, 0.29) is 18.5 Å². The van der Waals surface area contributed by atoms with Gasteiger partial charge in [-0.1, -0.05) is 140 Å². The van der Waals surface area contributed by atoms with Gasteiger partial charge >= 0.3 is 5.97 Å². The molecule has 0 spiro atoms. The molecule has 48 heavy (non-hydrogen) atoms. The Morgan fingerprint density at radius 1 is 0.562 bits per heavy atom. The minimum Gasteiger partial charge on any atom is -0.466 e. The molecule has 0 bridgehead atoms. The molecule has 1 amide bonds. The lowest BCUT2D eigenvalue weighted by Gasteiger charge is -2.20. The van der Waals surface area contributed by atoms with Gasteiger partial charge in [-0.05, 0) is 77.0 Å². The van der Waals surface area contributed by atoms with E-state index in [1.807, 2.05) is 6.08 Å². The van der Waals surface area contributed by atoms with E-state index in [1.54, 1.807) is 6.08 Å². The molecule has 3 N–H and O–H groups in total. The van der Waals surface area contributed by atoms with E-state index < -0.39 is 12.1 Å². The molecule has 6 nitrogen and oxygen atoms in total. The smallest absolute Gasteiger partial charge is 0.305 e. The molecule has 2 unspecified atom stereocenters. The minimum atomic E-state index is -0.864. The largest absolute Gasteiger partial charge is 0.466 e. The lowest BCUT2D eigenvalue weighted by atomic mass is 10.1. The molecule has 0 aliphatic heterocycles. The molecule has 0 aromatic carbocycles. The molecular weight excluding hydrogens is 598 g/mol. The Bertz CT molecular complexity index is 793. The third kappa shape index (κ3) is 34.0. The highest BCUT2D eigenvalue weighted by Gasteiger charge is 2.17.